The van der Waals surface area contributed by atoms with Crippen LogP contribution in [-0.2, 0) is 11.2 Å². The first kappa shape index (κ1) is 22.6. The maximum absolute atomic E-state index is 12.6. The van der Waals surface area contributed by atoms with Crippen molar-refractivity contribution in [3.63, 3.8) is 0 Å². The molecule has 4 aromatic rings. The second-order valence-corrected chi connectivity index (χ2v) is 7.37. The van der Waals surface area contributed by atoms with Crippen molar-refractivity contribution in [3.05, 3.63) is 76.3 Å². The van der Waals surface area contributed by atoms with E-state index < -0.39 is 4.92 Å². The van der Waals surface area contributed by atoms with E-state index in [1.165, 1.54) is 16.8 Å². The molecule has 174 valence electrons. The van der Waals surface area contributed by atoms with E-state index in [9.17, 15) is 14.9 Å². The Morgan fingerprint density at radius 3 is 2.59 bits per heavy atom. The number of nitrogens with one attached hydrogen (secondary N) is 1. The molecule has 2 aromatic carbocycles. The van der Waals surface area contributed by atoms with Crippen LogP contribution in [0.1, 0.15) is 24.9 Å². The molecule has 0 aliphatic carbocycles. The highest BCUT2D eigenvalue weighted by molar-refractivity contribution is 5.90. The number of nitrogens with zero attached hydrogens (tertiary/aromatic N) is 5. The van der Waals surface area contributed by atoms with Crippen LogP contribution in [0.25, 0.3) is 17.1 Å². The molecule has 0 saturated heterocycles. The normalized spacial score (nSPS) is 10.8. The summed E-state index contributed by atoms with van der Waals surface area (Å²) in [5.74, 6) is 1.74. The smallest absolute Gasteiger partial charge is 0.269 e. The van der Waals surface area contributed by atoms with Crippen LogP contribution in [-0.4, -0.2) is 37.4 Å². The molecule has 2 aromatic heterocycles. The zero-order valence-corrected chi connectivity index (χ0v) is 18.6. The Balaban J connectivity index is 1.38. The number of amides is 1. The van der Waals surface area contributed by atoms with Crippen molar-refractivity contribution in [2.24, 2.45) is 0 Å². The van der Waals surface area contributed by atoms with Gasteiger partial charge in [-0.1, -0.05) is 5.16 Å². The Morgan fingerprint density at radius 2 is 1.91 bits per heavy atom. The number of nitro groups is 1. The van der Waals surface area contributed by atoms with Crippen LogP contribution < -0.4 is 10.1 Å². The summed E-state index contributed by atoms with van der Waals surface area (Å²) in [5, 5.41) is 22.0. The lowest BCUT2D eigenvalue weighted by Crippen LogP contribution is -2.15. The standard InChI is InChI=1S/C23H22N6O5/c1-3-33-19-10-4-16(5-11-19)23-25-22(34-27-23)13-12-21(30)24-20-14-15(2)26-28(20)17-6-8-18(9-7-17)29(31)32/h4-11,14H,3,12-13H2,1-2H3,(H,24,30). The molecule has 0 aliphatic rings. The van der Waals surface area contributed by atoms with Gasteiger partial charge in [0.25, 0.3) is 5.69 Å². The summed E-state index contributed by atoms with van der Waals surface area (Å²) < 4.78 is 12.2. The number of carbonyl (C=O) groups excluding carboxylic acids is 1. The number of aryl methyl sites for hydroxylation is 2. The summed E-state index contributed by atoms with van der Waals surface area (Å²) in [6, 6.07) is 15.0. The summed E-state index contributed by atoms with van der Waals surface area (Å²) in [7, 11) is 0. The molecule has 0 spiro atoms. The number of ether oxygens (including phenoxy) is 1. The zero-order valence-electron chi connectivity index (χ0n) is 18.6. The SMILES string of the molecule is CCOc1ccc(-c2noc(CCC(=O)Nc3cc(C)nn3-c3ccc([N+](=O)[O-])cc3)n2)cc1. The summed E-state index contributed by atoms with van der Waals surface area (Å²) in [5.41, 5.74) is 2.03. The predicted molar refractivity (Wildman–Crippen MR) is 123 cm³/mol. The van der Waals surface area contributed by atoms with Gasteiger partial charge in [0, 0.05) is 36.6 Å². The molecule has 0 saturated carbocycles. The van der Waals surface area contributed by atoms with E-state index in [4.69, 9.17) is 9.26 Å². The van der Waals surface area contributed by atoms with Crippen molar-refractivity contribution in [1.29, 1.82) is 0 Å². The topological polar surface area (TPSA) is 138 Å². The summed E-state index contributed by atoms with van der Waals surface area (Å²) in [6.07, 6.45) is 0.385. The number of hydrogen-bond donors (Lipinski definition) is 1. The van der Waals surface area contributed by atoms with Crippen LogP contribution in [0, 0.1) is 17.0 Å². The molecule has 0 aliphatic heterocycles. The fraction of sp³-hybridized carbons (Fsp3) is 0.217. The average Bonchev–Trinajstić information content (AvgIpc) is 3.45. The maximum Gasteiger partial charge on any atom is 0.269 e. The minimum absolute atomic E-state index is 0.0256. The molecule has 11 heteroatoms. The highest BCUT2D eigenvalue weighted by Crippen LogP contribution is 2.22. The second-order valence-electron chi connectivity index (χ2n) is 7.37. The van der Waals surface area contributed by atoms with Gasteiger partial charge in [-0.2, -0.15) is 10.1 Å². The first-order valence-electron chi connectivity index (χ1n) is 10.6. The third-order valence-electron chi connectivity index (χ3n) is 4.86. The Labute approximate surface area is 194 Å². The summed E-state index contributed by atoms with van der Waals surface area (Å²) >= 11 is 0. The molecule has 1 N–H and O–H groups in total. The van der Waals surface area contributed by atoms with E-state index in [2.05, 4.69) is 20.6 Å². The van der Waals surface area contributed by atoms with Crippen LogP contribution in [0.5, 0.6) is 5.75 Å². The van der Waals surface area contributed by atoms with Gasteiger partial charge in [-0.15, -0.1) is 0 Å². The summed E-state index contributed by atoms with van der Waals surface area (Å²) in [6.45, 7) is 4.29. The number of hydrogen-bond acceptors (Lipinski definition) is 8. The quantitative estimate of drug-likeness (QED) is 0.290. The highest BCUT2D eigenvalue weighted by atomic mass is 16.6. The summed E-state index contributed by atoms with van der Waals surface area (Å²) in [4.78, 5) is 27.3. The first-order valence-corrected chi connectivity index (χ1v) is 10.6. The van der Waals surface area contributed by atoms with Gasteiger partial charge in [0.2, 0.25) is 17.6 Å². The van der Waals surface area contributed by atoms with Crippen LogP contribution in [0.15, 0.2) is 59.1 Å². The largest absolute Gasteiger partial charge is 0.494 e. The molecule has 4 rings (SSSR count). The monoisotopic (exact) mass is 462 g/mol. The number of nitro benzene ring substituents is 1. The molecular formula is C23H22N6O5. The molecule has 0 bridgehead atoms. The van der Waals surface area contributed by atoms with Crippen molar-refractivity contribution >= 4 is 17.4 Å². The Morgan fingerprint density at radius 1 is 1.18 bits per heavy atom. The average molecular weight is 462 g/mol. The number of carbonyl (C=O) groups is 1. The molecule has 0 unspecified atom stereocenters. The molecule has 1 amide bonds. The van der Waals surface area contributed by atoms with E-state index in [1.807, 2.05) is 31.2 Å². The lowest BCUT2D eigenvalue weighted by Gasteiger charge is -2.08. The third-order valence-corrected chi connectivity index (χ3v) is 4.86. The van der Waals surface area contributed by atoms with Crippen LogP contribution in [0.3, 0.4) is 0 Å². The second kappa shape index (κ2) is 9.94. The third kappa shape index (κ3) is 5.26. The number of rotatable bonds is 9. The first-order chi connectivity index (χ1) is 16.4. The highest BCUT2D eigenvalue weighted by Gasteiger charge is 2.15. The van der Waals surface area contributed by atoms with E-state index in [1.54, 1.807) is 25.1 Å². The van der Waals surface area contributed by atoms with E-state index in [0.29, 0.717) is 35.5 Å². The van der Waals surface area contributed by atoms with E-state index >= 15 is 0 Å². The van der Waals surface area contributed by atoms with Gasteiger partial charge in [-0.3, -0.25) is 14.9 Å². The molecule has 0 fully saturated rings. The Kier molecular flexibility index (Phi) is 6.62. The van der Waals surface area contributed by atoms with Crippen molar-refractivity contribution in [3.8, 4) is 22.8 Å². The van der Waals surface area contributed by atoms with Gasteiger partial charge in [-0.05, 0) is 50.2 Å². The van der Waals surface area contributed by atoms with E-state index in [-0.39, 0.29) is 24.4 Å². The van der Waals surface area contributed by atoms with Gasteiger partial charge in [-0.25, -0.2) is 4.68 Å². The number of benzene rings is 2. The minimum Gasteiger partial charge on any atom is -0.494 e. The maximum atomic E-state index is 12.6. The Hall–Kier alpha value is -4.54. The van der Waals surface area contributed by atoms with Crippen molar-refractivity contribution in [1.82, 2.24) is 19.9 Å². The minimum atomic E-state index is -0.473. The lowest BCUT2D eigenvalue weighted by atomic mass is 10.2. The van der Waals surface area contributed by atoms with Crippen molar-refractivity contribution < 1.29 is 19.0 Å². The number of anilines is 1. The van der Waals surface area contributed by atoms with Crippen molar-refractivity contribution in [2.45, 2.75) is 26.7 Å². The zero-order chi connectivity index (χ0) is 24.1. The molecule has 34 heavy (non-hydrogen) atoms. The Bertz CT molecular complexity index is 1290. The fourth-order valence-corrected chi connectivity index (χ4v) is 3.27. The van der Waals surface area contributed by atoms with Gasteiger partial charge < -0.3 is 14.6 Å². The van der Waals surface area contributed by atoms with Gasteiger partial charge in [0.05, 0.1) is 22.9 Å². The molecule has 0 atom stereocenters. The molecule has 11 nitrogen and oxygen atoms in total. The van der Waals surface area contributed by atoms with Crippen LogP contribution >= 0.6 is 0 Å². The van der Waals surface area contributed by atoms with Crippen LogP contribution in [0.2, 0.25) is 0 Å². The van der Waals surface area contributed by atoms with Crippen molar-refractivity contribution in [2.75, 3.05) is 11.9 Å². The van der Waals surface area contributed by atoms with E-state index in [0.717, 1.165) is 11.3 Å². The lowest BCUT2D eigenvalue weighted by molar-refractivity contribution is -0.384. The molecular weight excluding hydrogens is 440 g/mol. The fourth-order valence-electron chi connectivity index (χ4n) is 3.27. The van der Waals surface area contributed by atoms with Gasteiger partial charge in [0.1, 0.15) is 11.6 Å². The predicted octanol–water partition coefficient (Wildman–Crippen LogP) is 4.11. The van der Waals surface area contributed by atoms with Crippen LogP contribution in [0.4, 0.5) is 11.5 Å². The molecule has 0 radical (unpaired) electrons. The number of aromatic nitrogens is 4. The van der Waals surface area contributed by atoms with Gasteiger partial charge in [0.15, 0.2) is 0 Å². The number of non-ortho nitro benzene ring substituents is 1. The van der Waals surface area contributed by atoms with Gasteiger partial charge >= 0.3 is 0 Å². The molecule has 2 heterocycles.